The number of methoxy groups -OCH3 is 1. The second-order valence-corrected chi connectivity index (χ2v) is 4.61. The van der Waals surface area contributed by atoms with E-state index in [0.29, 0.717) is 12.1 Å². The molecule has 2 aliphatic heterocycles. The summed E-state index contributed by atoms with van der Waals surface area (Å²) in [5, 5.41) is 0. The van der Waals surface area contributed by atoms with E-state index in [2.05, 4.69) is 11.9 Å². The molecule has 4 atom stereocenters. The molecule has 4 unspecified atom stereocenters. The van der Waals surface area contributed by atoms with Crippen molar-refractivity contribution in [2.24, 2.45) is 5.92 Å². The number of Topliss-reactive ketones (excluding diaryl/α,β-unsaturated/α-hetero) is 1. The van der Waals surface area contributed by atoms with Crippen molar-refractivity contribution in [3.8, 4) is 0 Å². The van der Waals surface area contributed by atoms with Gasteiger partial charge in [0.25, 0.3) is 0 Å². The Kier molecular flexibility index (Phi) is 2.62. The van der Waals surface area contributed by atoms with E-state index in [4.69, 9.17) is 4.74 Å². The van der Waals surface area contributed by atoms with Gasteiger partial charge in [-0.3, -0.25) is 9.69 Å². The molecule has 2 fully saturated rings. The summed E-state index contributed by atoms with van der Waals surface area (Å²) in [4.78, 5) is 14.0. The lowest BCUT2D eigenvalue weighted by atomic mass is 9.85. The van der Waals surface area contributed by atoms with Gasteiger partial charge in [-0.2, -0.15) is 0 Å². The highest BCUT2D eigenvalue weighted by Crippen LogP contribution is 2.39. The van der Waals surface area contributed by atoms with Crippen molar-refractivity contribution in [1.29, 1.82) is 0 Å². The Morgan fingerprint density at radius 1 is 1.43 bits per heavy atom. The van der Waals surface area contributed by atoms with Gasteiger partial charge in [0.2, 0.25) is 0 Å². The highest BCUT2D eigenvalue weighted by Gasteiger charge is 2.47. The van der Waals surface area contributed by atoms with Crippen LogP contribution < -0.4 is 0 Å². The van der Waals surface area contributed by atoms with E-state index in [1.165, 1.54) is 6.42 Å². The van der Waals surface area contributed by atoms with Gasteiger partial charge in [-0.05, 0) is 33.2 Å². The number of piperidine rings is 1. The zero-order valence-electron chi connectivity index (χ0n) is 9.19. The van der Waals surface area contributed by atoms with E-state index in [1.54, 1.807) is 14.0 Å². The molecule has 14 heavy (non-hydrogen) atoms. The zero-order valence-corrected chi connectivity index (χ0v) is 9.19. The fourth-order valence-corrected chi connectivity index (χ4v) is 3.20. The van der Waals surface area contributed by atoms with Crippen molar-refractivity contribution in [2.45, 2.75) is 44.4 Å². The van der Waals surface area contributed by atoms with E-state index in [1.807, 2.05) is 0 Å². The number of rotatable bonds is 2. The van der Waals surface area contributed by atoms with Crippen LogP contribution in [0.15, 0.2) is 0 Å². The Labute approximate surface area is 85.4 Å². The molecule has 2 heterocycles. The zero-order chi connectivity index (χ0) is 10.3. The van der Waals surface area contributed by atoms with Gasteiger partial charge in [-0.15, -0.1) is 0 Å². The topological polar surface area (TPSA) is 29.5 Å². The molecule has 0 saturated carbocycles. The van der Waals surface area contributed by atoms with Crippen molar-refractivity contribution in [3.63, 3.8) is 0 Å². The summed E-state index contributed by atoms with van der Waals surface area (Å²) in [5.74, 6) is 0.387. The number of hydrogen-bond acceptors (Lipinski definition) is 3. The molecular weight excluding hydrogens is 178 g/mol. The molecule has 2 aliphatic rings. The summed E-state index contributed by atoms with van der Waals surface area (Å²) in [6.07, 6.45) is 3.56. The van der Waals surface area contributed by atoms with Gasteiger partial charge < -0.3 is 4.74 Å². The molecule has 0 N–H and O–H groups in total. The molecule has 0 aromatic heterocycles. The van der Waals surface area contributed by atoms with Gasteiger partial charge >= 0.3 is 0 Å². The first-order valence-corrected chi connectivity index (χ1v) is 5.40. The monoisotopic (exact) mass is 197 g/mol. The van der Waals surface area contributed by atoms with Gasteiger partial charge in [0.05, 0.1) is 12.0 Å². The van der Waals surface area contributed by atoms with E-state index >= 15 is 0 Å². The SMILES string of the molecule is COC1CC2CCC(C1C(C)=O)N2C. The number of ether oxygens (including phenoxy) is 1. The van der Waals surface area contributed by atoms with Gasteiger partial charge in [0.1, 0.15) is 5.78 Å². The highest BCUT2D eigenvalue weighted by atomic mass is 16.5. The maximum absolute atomic E-state index is 11.6. The average Bonchev–Trinajstić information content (AvgIpc) is 2.39. The molecule has 2 saturated heterocycles. The van der Waals surface area contributed by atoms with Crippen LogP contribution in [-0.4, -0.2) is 43.0 Å². The molecular formula is C11H19NO2. The highest BCUT2D eigenvalue weighted by molar-refractivity contribution is 5.80. The quantitative estimate of drug-likeness (QED) is 0.663. The van der Waals surface area contributed by atoms with Gasteiger partial charge in [-0.1, -0.05) is 0 Å². The van der Waals surface area contributed by atoms with E-state index in [-0.39, 0.29) is 17.8 Å². The third-order valence-corrected chi connectivity index (χ3v) is 3.99. The number of carbonyl (C=O) groups excluding carboxylic acids is 1. The third-order valence-electron chi connectivity index (χ3n) is 3.99. The smallest absolute Gasteiger partial charge is 0.137 e. The Balaban J connectivity index is 2.21. The third kappa shape index (κ3) is 1.39. The van der Waals surface area contributed by atoms with Crippen molar-refractivity contribution in [2.75, 3.05) is 14.2 Å². The molecule has 2 rings (SSSR count). The number of carbonyl (C=O) groups is 1. The van der Waals surface area contributed by atoms with Crippen molar-refractivity contribution in [3.05, 3.63) is 0 Å². The lowest BCUT2D eigenvalue weighted by Gasteiger charge is -2.41. The second-order valence-electron chi connectivity index (χ2n) is 4.61. The predicted octanol–water partition coefficient (Wildman–Crippen LogP) is 1.07. The molecule has 0 aromatic rings. The molecule has 0 spiro atoms. The fourth-order valence-electron chi connectivity index (χ4n) is 3.20. The van der Waals surface area contributed by atoms with Crippen LogP contribution >= 0.6 is 0 Å². The largest absolute Gasteiger partial charge is 0.381 e. The van der Waals surface area contributed by atoms with Crippen LogP contribution in [-0.2, 0) is 9.53 Å². The first-order valence-electron chi connectivity index (χ1n) is 5.40. The summed E-state index contributed by atoms with van der Waals surface area (Å²) >= 11 is 0. The maximum atomic E-state index is 11.6. The van der Waals surface area contributed by atoms with Crippen LogP contribution in [0.1, 0.15) is 26.2 Å². The van der Waals surface area contributed by atoms with E-state index in [9.17, 15) is 4.79 Å². The van der Waals surface area contributed by atoms with Crippen molar-refractivity contribution >= 4 is 5.78 Å². The average molecular weight is 197 g/mol. The Morgan fingerprint density at radius 2 is 2.14 bits per heavy atom. The Bertz CT molecular complexity index is 241. The molecule has 80 valence electrons. The van der Waals surface area contributed by atoms with Crippen molar-refractivity contribution < 1.29 is 9.53 Å². The van der Waals surface area contributed by atoms with Gasteiger partial charge in [0, 0.05) is 19.2 Å². The first-order chi connectivity index (χ1) is 6.65. The normalized spacial score (nSPS) is 42.8. The number of hydrogen-bond donors (Lipinski definition) is 0. The fraction of sp³-hybridized carbons (Fsp3) is 0.909. The Hall–Kier alpha value is -0.410. The molecule has 0 radical (unpaired) electrons. The Morgan fingerprint density at radius 3 is 2.71 bits per heavy atom. The van der Waals surface area contributed by atoms with Crippen LogP contribution in [0.4, 0.5) is 0 Å². The molecule has 3 nitrogen and oxygen atoms in total. The summed E-state index contributed by atoms with van der Waals surface area (Å²) in [6, 6.07) is 1.07. The van der Waals surface area contributed by atoms with Crippen LogP contribution in [0.3, 0.4) is 0 Å². The summed E-state index contributed by atoms with van der Waals surface area (Å²) in [7, 11) is 3.87. The van der Waals surface area contributed by atoms with Gasteiger partial charge in [-0.25, -0.2) is 0 Å². The lowest BCUT2D eigenvalue weighted by Crippen LogP contribution is -2.52. The molecule has 0 aliphatic carbocycles. The first kappa shape index (κ1) is 10.1. The van der Waals surface area contributed by atoms with Crippen molar-refractivity contribution in [1.82, 2.24) is 4.90 Å². The summed E-state index contributed by atoms with van der Waals surface area (Å²) in [5.41, 5.74) is 0. The standard InChI is InChI=1S/C11H19NO2/c1-7(13)11-9-5-4-8(12(9)2)6-10(11)14-3/h8-11H,4-6H2,1-3H3. The van der Waals surface area contributed by atoms with E-state index in [0.717, 1.165) is 12.8 Å². The minimum atomic E-state index is 0.101. The van der Waals surface area contributed by atoms with Gasteiger partial charge in [0.15, 0.2) is 0 Å². The van der Waals surface area contributed by atoms with Crippen LogP contribution in [0.5, 0.6) is 0 Å². The van der Waals surface area contributed by atoms with Crippen LogP contribution in [0.25, 0.3) is 0 Å². The summed E-state index contributed by atoms with van der Waals surface area (Å²) < 4.78 is 5.45. The van der Waals surface area contributed by atoms with E-state index < -0.39 is 0 Å². The molecule has 0 amide bonds. The minimum absolute atomic E-state index is 0.101. The lowest BCUT2D eigenvalue weighted by molar-refractivity contribution is -0.132. The molecule has 2 bridgehead atoms. The van der Waals surface area contributed by atoms with Crippen LogP contribution in [0.2, 0.25) is 0 Å². The molecule has 0 aromatic carbocycles. The minimum Gasteiger partial charge on any atom is -0.381 e. The number of ketones is 1. The summed E-state index contributed by atoms with van der Waals surface area (Å²) in [6.45, 7) is 1.70. The number of fused-ring (bicyclic) bond motifs is 2. The predicted molar refractivity (Wildman–Crippen MR) is 54.2 cm³/mol. The maximum Gasteiger partial charge on any atom is 0.137 e. The molecule has 3 heteroatoms. The number of nitrogens with zero attached hydrogens (tertiary/aromatic N) is 1. The second kappa shape index (κ2) is 3.63. The van der Waals surface area contributed by atoms with Crippen LogP contribution in [0, 0.1) is 5.92 Å².